The molecule has 0 aromatic heterocycles. The molecule has 2 N–H and O–H groups in total. The van der Waals surface area contributed by atoms with Gasteiger partial charge in [-0.2, -0.15) is 0 Å². The monoisotopic (exact) mass is 433 g/mol. The largest absolute Gasteiger partial charge is 0.465 e. The molecule has 2 aromatic rings. The first-order valence-corrected chi connectivity index (χ1v) is 11.1. The lowest BCUT2D eigenvalue weighted by Gasteiger charge is -2.19. The van der Waals surface area contributed by atoms with Crippen LogP contribution in [0.15, 0.2) is 53.4 Å². The molecular formula is C21H27N3O5S. The average molecular weight is 434 g/mol. The molecule has 0 aliphatic heterocycles. The van der Waals surface area contributed by atoms with Gasteiger partial charge in [0, 0.05) is 24.8 Å². The number of urea groups is 1. The molecule has 0 aliphatic rings. The van der Waals surface area contributed by atoms with E-state index in [4.69, 9.17) is 0 Å². The number of rotatable bonds is 8. The summed E-state index contributed by atoms with van der Waals surface area (Å²) in [5.41, 5.74) is 1.64. The minimum Gasteiger partial charge on any atom is -0.465 e. The second-order valence-corrected chi connectivity index (χ2v) is 8.30. The quantitative estimate of drug-likeness (QED) is 0.621. The highest BCUT2D eigenvalue weighted by Gasteiger charge is 2.19. The third-order valence-corrected chi connectivity index (χ3v) is 6.19. The number of sulfonamides is 1. The van der Waals surface area contributed by atoms with E-state index in [1.807, 2.05) is 13.8 Å². The van der Waals surface area contributed by atoms with Gasteiger partial charge in [0.1, 0.15) is 0 Å². The normalized spacial score (nSPS) is 12.1. The second-order valence-electron chi connectivity index (χ2n) is 6.58. The number of nitrogens with zero attached hydrogens (tertiary/aromatic N) is 1. The van der Waals surface area contributed by atoms with Gasteiger partial charge in [-0.15, -0.1) is 0 Å². The van der Waals surface area contributed by atoms with Crippen LogP contribution in [0.25, 0.3) is 0 Å². The second kappa shape index (κ2) is 10.2. The first-order chi connectivity index (χ1) is 14.2. The van der Waals surface area contributed by atoms with Crippen molar-refractivity contribution in [2.45, 2.75) is 31.7 Å². The van der Waals surface area contributed by atoms with Crippen LogP contribution in [0.2, 0.25) is 0 Å². The highest BCUT2D eigenvalue weighted by atomic mass is 32.2. The molecule has 0 bridgehead atoms. The smallest absolute Gasteiger partial charge is 0.337 e. The summed E-state index contributed by atoms with van der Waals surface area (Å²) in [7, 11) is -2.52. The maximum atomic E-state index is 12.6. The standard InChI is InChI=1S/C21H27N3O5S/c1-5-24(6-2)21(26)22-18-11-7-16(8-12-18)15(3)23-30(27,28)19-13-9-17(10-14-19)20(25)29-4/h7-15,23H,5-6H2,1-4H3,(H,22,26). The van der Waals surface area contributed by atoms with Crippen molar-refractivity contribution in [1.82, 2.24) is 9.62 Å². The van der Waals surface area contributed by atoms with Gasteiger partial charge in [-0.1, -0.05) is 12.1 Å². The number of nitrogens with one attached hydrogen (secondary N) is 2. The van der Waals surface area contributed by atoms with Crippen molar-refractivity contribution < 1.29 is 22.7 Å². The lowest BCUT2D eigenvalue weighted by molar-refractivity contribution is 0.0600. The van der Waals surface area contributed by atoms with Crippen LogP contribution in [0.4, 0.5) is 10.5 Å². The zero-order valence-electron chi connectivity index (χ0n) is 17.5. The number of ether oxygens (including phenoxy) is 1. The van der Waals surface area contributed by atoms with Crippen molar-refractivity contribution in [2.24, 2.45) is 0 Å². The van der Waals surface area contributed by atoms with E-state index in [9.17, 15) is 18.0 Å². The fourth-order valence-corrected chi connectivity index (χ4v) is 4.06. The number of anilines is 1. The maximum absolute atomic E-state index is 12.6. The third-order valence-electron chi connectivity index (χ3n) is 4.63. The summed E-state index contributed by atoms with van der Waals surface area (Å²) >= 11 is 0. The molecule has 1 atom stereocenters. The molecule has 162 valence electrons. The predicted octanol–water partition coefficient (Wildman–Crippen LogP) is 3.39. The summed E-state index contributed by atoms with van der Waals surface area (Å²) in [5.74, 6) is -0.534. The minimum absolute atomic E-state index is 0.0464. The van der Waals surface area contributed by atoms with Gasteiger partial charge in [-0.3, -0.25) is 0 Å². The Morgan fingerprint density at radius 1 is 1.00 bits per heavy atom. The van der Waals surface area contributed by atoms with Crippen LogP contribution < -0.4 is 10.0 Å². The molecule has 9 heteroatoms. The van der Waals surface area contributed by atoms with E-state index in [0.717, 1.165) is 5.56 Å². The van der Waals surface area contributed by atoms with Crippen molar-refractivity contribution in [3.63, 3.8) is 0 Å². The SMILES string of the molecule is CCN(CC)C(=O)Nc1ccc(C(C)NS(=O)(=O)c2ccc(C(=O)OC)cc2)cc1. The van der Waals surface area contributed by atoms with Gasteiger partial charge in [0.25, 0.3) is 0 Å². The first kappa shape index (κ1) is 23.4. The van der Waals surface area contributed by atoms with Crippen LogP contribution in [0.5, 0.6) is 0 Å². The van der Waals surface area contributed by atoms with Crippen LogP contribution in [0.1, 0.15) is 42.7 Å². The average Bonchev–Trinajstić information content (AvgIpc) is 2.74. The Bertz CT molecular complexity index is 969. The number of methoxy groups -OCH3 is 1. The Hall–Kier alpha value is -2.91. The van der Waals surface area contributed by atoms with E-state index >= 15 is 0 Å². The van der Waals surface area contributed by atoms with Gasteiger partial charge < -0.3 is 15.0 Å². The Balaban J connectivity index is 2.06. The molecule has 0 saturated carbocycles. The Morgan fingerprint density at radius 3 is 2.07 bits per heavy atom. The zero-order valence-corrected chi connectivity index (χ0v) is 18.3. The molecule has 8 nitrogen and oxygen atoms in total. The number of carbonyl (C=O) groups is 2. The predicted molar refractivity (Wildman–Crippen MR) is 115 cm³/mol. The Morgan fingerprint density at radius 2 is 1.57 bits per heavy atom. The van der Waals surface area contributed by atoms with Crippen LogP contribution >= 0.6 is 0 Å². The first-order valence-electron chi connectivity index (χ1n) is 9.58. The molecule has 0 heterocycles. The summed E-state index contributed by atoms with van der Waals surface area (Å²) in [6.07, 6.45) is 0. The number of carbonyl (C=O) groups excluding carboxylic acids is 2. The van der Waals surface area contributed by atoms with Crippen molar-refractivity contribution in [3.8, 4) is 0 Å². The van der Waals surface area contributed by atoms with E-state index < -0.39 is 22.0 Å². The van der Waals surface area contributed by atoms with E-state index in [-0.39, 0.29) is 16.5 Å². The van der Waals surface area contributed by atoms with Crippen molar-refractivity contribution in [1.29, 1.82) is 0 Å². The van der Waals surface area contributed by atoms with E-state index in [1.165, 1.54) is 31.4 Å². The lowest BCUT2D eigenvalue weighted by Crippen LogP contribution is -2.34. The number of benzene rings is 2. The van der Waals surface area contributed by atoms with Gasteiger partial charge in [0.15, 0.2) is 0 Å². The molecule has 0 fully saturated rings. The van der Waals surface area contributed by atoms with E-state index in [1.54, 1.807) is 36.1 Å². The van der Waals surface area contributed by atoms with Gasteiger partial charge >= 0.3 is 12.0 Å². The molecule has 30 heavy (non-hydrogen) atoms. The zero-order chi connectivity index (χ0) is 22.3. The number of hydrogen-bond acceptors (Lipinski definition) is 5. The van der Waals surface area contributed by atoms with Crippen LogP contribution in [-0.4, -0.2) is 45.5 Å². The molecule has 2 aromatic carbocycles. The fourth-order valence-electron chi connectivity index (χ4n) is 2.83. The van der Waals surface area contributed by atoms with Crippen LogP contribution in [0, 0.1) is 0 Å². The van der Waals surface area contributed by atoms with Crippen molar-refractivity contribution in [3.05, 3.63) is 59.7 Å². The number of hydrogen-bond donors (Lipinski definition) is 2. The van der Waals surface area contributed by atoms with E-state index in [2.05, 4.69) is 14.8 Å². The minimum atomic E-state index is -3.78. The number of amides is 2. The summed E-state index contributed by atoms with van der Waals surface area (Å²) in [4.78, 5) is 25.3. The molecule has 1 unspecified atom stereocenters. The molecule has 0 aliphatic carbocycles. The fraction of sp³-hybridized carbons (Fsp3) is 0.333. The topological polar surface area (TPSA) is 105 Å². The Labute approximate surface area is 177 Å². The summed E-state index contributed by atoms with van der Waals surface area (Å²) in [6, 6.07) is 11.8. The van der Waals surface area contributed by atoms with Gasteiger partial charge in [-0.25, -0.2) is 22.7 Å². The summed E-state index contributed by atoms with van der Waals surface area (Å²) in [6.45, 7) is 6.76. The van der Waals surface area contributed by atoms with E-state index in [0.29, 0.717) is 18.8 Å². The van der Waals surface area contributed by atoms with Crippen LogP contribution in [-0.2, 0) is 14.8 Å². The number of esters is 1. The lowest BCUT2D eigenvalue weighted by atomic mass is 10.1. The van der Waals surface area contributed by atoms with Gasteiger partial charge in [0.05, 0.1) is 17.6 Å². The van der Waals surface area contributed by atoms with Gasteiger partial charge in [0.2, 0.25) is 10.0 Å². The van der Waals surface area contributed by atoms with Gasteiger partial charge in [-0.05, 0) is 62.7 Å². The highest BCUT2D eigenvalue weighted by Crippen LogP contribution is 2.20. The molecule has 0 spiro atoms. The molecule has 2 rings (SSSR count). The molecule has 2 amide bonds. The maximum Gasteiger partial charge on any atom is 0.337 e. The van der Waals surface area contributed by atoms with Crippen molar-refractivity contribution >= 4 is 27.7 Å². The molecule has 0 saturated heterocycles. The highest BCUT2D eigenvalue weighted by molar-refractivity contribution is 7.89. The summed E-state index contributed by atoms with van der Waals surface area (Å²) in [5, 5.41) is 2.81. The molecule has 0 radical (unpaired) electrons. The van der Waals surface area contributed by atoms with Crippen molar-refractivity contribution in [2.75, 3.05) is 25.5 Å². The van der Waals surface area contributed by atoms with Crippen LogP contribution in [0.3, 0.4) is 0 Å². The summed E-state index contributed by atoms with van der Waals surface area (Å²) < 4.78 is 32.5. The third kappa shape index (κ3) is 5.80. The molecular weight excluding hydrogens is 406 g/mol. The Kier molecular flexibility index (Phi) is 7.96.